The molecule has 0 aromatic carbocycles. The SMILES string of the molecule is Cc1cc(=O)n2[nH]c(C3CCCCN3C(=O)c3cnn(C)c3C)cc2n1. The summed E-state index contributed by atoms with van der Waals surface area (Å²) in [5.74, 6) is -0.0181. The van der Waals surface area contributed by atoms with Gasteiger partial charge in [0.25, 0.3) is 11.5 Å². The van der Waals surface area contributed by atoms with E-state index in [9.17, 15) is 9.59 Å². The lowest BCUT2D eigenvalue weighted by Gasteiger charge is -2.35. The number of nitrogens with zero attached hydrogens (tertiary/aromatic N) is 5. The van der Waals surface area contributed by atoms with Crippen LogP contribution < -0.4 is 5.56 Å². The number of piperidine rings is 1. The molecule has 26 heavy (non-hydrogen) atoms. The third-order valence-electron chi connectivity index (χ3n) is 5.19. The molecule has 0 saturated carbocycles. The molecule has 1 saturated heterocycles. The number of carbonyl (C=O) groups is 1. The van der Waals surface area contributed by atoms with Crippen molar-refractivity contribution < 1.29 is 4.79 Å². The standard InChI is InChI=1S/C18H22N6O2/c1-11-8-17(25)24-16(20-11)9-14(21-24)15-6-4-5-7-23(15)18(26)13-10-19-22(3)12(13)2/h8-10,15,21H,4-7H2,1-3H3. The Labute approximate surface area is 150 Å². The molecule has 0 spiro atoms. The molecule has 0 aliphatic carbocycles. The topological polar surface area (TPSA) is 88.3 Å². The first kappa shape index (κ1) is 16.6. The lowest BCUT2D eigenvalue weighted by atomic mass is 9.98. The van der Waals surface area contributed by atoms with Gasteiger partial charge in [-0.25, -0.2) is 9.50 Å². The van der Waals surface area contributed by atoms with Gasteiger partial charge in [0.2, 0.25) is 0 Å². The monoisotopic (exact) mass is 354 g/mol. The van der Waals surface area contributed by atoms with Crippen LogP contribution in [-0.2, 0) is 7.05 Å². The second-order valence-corrected chi connectivity index (χ2v) is 6.92. The molecule has 1 unspecified atom stereocenters. The maximum absolute atomic E-state index is 13.1. The number of hydrogen-bond acceptors (Lipinski definition) is 4. The molecule has 4 heterocycles. The van der Waals surface area contributed by atoms with Gasteiger partial charge in [-0.2, -0.15) is 5.10 Å². The average Bonchev–Trinajstić information content (AvgIpc) is 3.19. The smallest absolute Gasteiger partial charge is 0.272 e. The maximum atomic E-state index is 13.1. The van der Waals surface area contributed by atoms with E-state index in [4.69, 9.17) is 0 Å². The molecule has 136 valence electrons. The largest absolute Gasteiger partial charge is 0.330 e. The van der Waals surface area contributed by atoms with E-state index in [-0.39, 0.29) is 17.5 Å². The molecule has 1 fully saturated rings. The number of likely N-dealkylation sites (tertiary alicyclic amines) is 1. The number of hydrogen-bond donors (Lipinski definition) is 1. The average molecular weight is 354 g/mol. The Kier molecular flexibility index (Phi) is 3.90. The lowest BCUT2D eigenvalue weighted by molar-refractivity contribution is 0.0605. The number of carbonyl (C=O) groups excluding carboxylic acids is 1. The van der Waals surface area contributed by atoms with Crippen LogP contribution in [0.1, 0.15) is 52.7 Å². The molecule has 1 N–H and O–H groups in total. The molecular formula is C18H22N6O2. The fraction of sp³-hybridized carbons (Fsp3) is 0.444. The van der Waals surface area contributed by atoms with Crippen molar-refractivity contribution >= 4 is 11.6 Å². The molecule has 1 amide bonds. The van der Waals surface area contributed by atoms with Crippen LogP contribution in [0.4, 0.5) is 0 Å². The van der Waals surface area contributed by atoms with Crippen molar-refractivity contribution in [3.63, 3.8) is 0 Å². The van der Waals surface area contributed by atoms with Crippen LogP contribution in [0.2, 0.25) is 0 Å². The van der Waals surface area contributed by atoms with Crippen molar-refractivity contribution in [2.24, 2.45) is 7.05 Å². The Hall–Kier alpha value is -2.90. The number of nitrogens with one attached hydrogen (secondary N) is 1. The minimum Gasteiger partial charge on any atom is -0.330 e. The molecule has 1 aliphatic rings. The Morgan fingerprint density at radius 2 is 2.08 bits per heavy atom. The molecule has 1 atom stereocenters. The van der Waals surface area contributed by atoms with E-state index >= 15 is 0 Å². The van der Waals surface area contributed by atoms with Gasteiger partial charge in [0.1, 0.15) is 0 Å². The zero-order valence-electron chi connectivity index (χ0n) is 15.2. The van der Waals surface area contributed by atoms with E-state index < -0.39 is 0 Å². The summed E-state index contributed by atoms with van der Waals surface area (Å²) in [5.41, 5.74) is 3.44. The Bertz CT molecular complexity index is 1040. The van der Waals surface area contributed by atoms with Gasteiger partial charge < -0.3 is 4.90 Å². The van der Waals surface area contributed by atoms with Crippen molar-refractivity contribution in [3.8, 4) is 0 Å². The van der Waals surface area contributed by atoms with Crippen molar-refractivity contribution in [2.75, 3.05) is 6.54 Å². The third-order valence-corrected chi connectivity index (χ3v) is 5.19. The fourth-order valence-corrected chi connectivity index (χ4v) is 3.66. The van der Waals surface area contributed by atoms with Gasteiger partial charge >= 0.3 is 0 Å². The minimum absolute atomic E-state index is 0.0181. The molecule has 3 aromatic heterocycles. The van der Waals surface area contributed by atoms with Crippen LogP contribution in [0.3, 0.4) is 0 Å². The van der Waals surface area contributed by atoms with Crippen molar-refractivity contribution in [2.45, 2.75) is 39.2 Å². The number of rotatable bonds is 2. The maximum Gasteiger partial charge on any atom is 0.272 e. The van der Waals surface area contributed by atoms with E-state index in [1.807, 2.05) is 24.9 Å². The highest BCUT2D eigenvalue weighted by atomic mass is 16.2. The molecule has 0 radical (unpaired) electrons. The van der Waals surface area contributed by atoms with E-state index in [0.717, 1.165) is 30.7 Å². The van der Waals surface area contributed by atoms with E-state index in [0.29, 0.717) is 23.4 Å². The van der Waals surface area contributed by atoms with Crippen molar-refractivity contribution in [3.05, 3.63) is 51.3 Å². The quantitative estimate of drug-likeness (QED) is 0.759. The summed E-state index contributed by atoms with van der Waals surface area (Å²) < 4.78 is 3.15. The first-order valence-electron chi connectivity index (χ1n) is 8.84. The van der Waals surface area contributed by atoms with Gasteiger partial charge in [-0.15, -0.1) is 0 Å². The Morgan fingerprint density at radius 1 is 1.27 bits per heavy atom. The number of aromatic nitrogens is 5. The van der Waals surface area contributed by atoms with Gasteiger partial charge in [-0.1, -0.05) is 0 Å². The highest BCUT2D eigenvalue weighted by Gasteiger charge is 2.31. The van der Waals surface area contributed by atoms with Crippen LogP contribution in [-0.4, -0.2) is 41.7 Å². The number of aromatic amines is 1. The molecule has 0 bridgehead atoms. The lowest BCUT2D eigenvalue weighted by Crippen LogP contribution is -2.39. The molecule has 8 nitrogen and oxygen atoms in total. The highest BCUT2D eigenvalue weighted by Crippen LogP contribution is 2.32. The predicted octanol–water partition coefficient (Wildman–Crippen LogP) is 1.74. The molecule has 4 rings (SSSR count). The minimum atomic E-state index is -0.143. The van der Waals surface area contributed by atoms with Crippen LogP contribution in [0.5, 0.6) is 0 Å². The van der Waals surface area contributed by atoms with Gasteiger partial charge in [0.05, 0.1) is 23.5 Å². The van der Waals surface area contributed by atoms with E-state index in [1.54, 1.807) is 17.8 Å². The molecule has 1 aliphatic heterocycles. The van der Waals surface area contributed by atoms with E-state index in [2.05, 4.69) is 15.2 Å². The first-order valence-corrected chi connectivity index (χ1v) is 8.84. The summed E-state index contributed by atoms with van der Waals surface area (Å²) in [6.45, 7) is 4.39. The van der Waals surface area contributed by atoms with Crippen molar-refractivity contribution in [1.82, 2.24) is 29.3 Å². The highest BCUT2D eigenvalue weighted by molar-refractivity contribution is 5.95. The van der Waals surface area contributed by atoms with E-state index in [1.165, 1.54) is 10.6 Å². The number of amides is 1. The summed E-state index contributed by atoms with van der Waals surface area (Å²) >= 11 is 0. The van der Waals surface area contributed by atoms with Crippen molar-refractivity contribution in [1.29, 1.82) is 0 Å². The second-order valence-electron chi connectivity index (χ2n) is 6.92. The van der Waals surface area contributed by atoms with Gasteiger partial charge in [-0.3, -0.25) is 19.4 Å². The molecule has 8 heteroatoms. The predicted molar refractivity (Wildman–Crippen MR) is 96.1 cm³/mol. The van der Waals surface area contributed by atoms with Gasteiger partial charge in [-0.05, 0) is 33.1 Å². The van der Waals surface area contributed by atoms with Crippen LogP contribution in [0, 0.1) is 13.8 Å². The normalized spacial score (nSPS) is 17.8. The first-order chi connectivity index (χ1) is 12.5. The molecular weight excluding hydrogens is 332 g/mol. The van der Waals surface area contributed by atoms with Crippen LogP contribution in [0.25, 0.3) is 5.65 Å². The fourth-order valence-electron chi connectivity index (χ4n) is 3.66. The zero-order valence-corrected chi connectivity index (χ0v) is 15.2. The summed E-state index contributed by atoms with van der Waals surface area (Å²) in [4.78, 5) is 31.6. The summed E-state index contributed by atoms with van der Waals surface area (Å²) in [6, 6.07) is 3.27. The molecule has 3 aromatic rings. The van der Waals surface area contributed by atoms with Gasteiger partial charge in [0.15, 0.2) is 5.65 Å². The van der Waals surface area contributed by atoms with Crippen LogP contribution >= 0.6 is 0 Å². The van der Waals surface area contributed by atoms with Crippen LogP contribution in [0.15, 0.2) is 23.1 Å². The number of H-pyrrole nitrogens is 1. The Morgan fingerprint density at radius 3 is 2.81 bits per heavy atom. The zero-order chi connectivity index (χ0) is 18.4. The summed E-state index contributed by atoms with van der Waals surface area (Å²) in [7, 11) is 1.83. The summed E-state index contributed by atoms with van der Waals surface area (Å²) in [5, 5.41) is 7.34. The number of fused-ring (bicyclic) bond motifs is 1. The number of aryl methyl sites for hydroxylation is 2. The second kappa shape index (κ2) is 6.12. The van der Waals surface area contributed by atoms with Gasteiger partial charge in [0, 0.05) is 37.1 Å². The summed E-state index contributed by atoms with van der Waals surface area (Å²) in [6.07, 6.45) is 4.49. The third kappa shape index (κ3) is 2.61. The Balaban J connectivity index is 1.74.